The summed E-state index contributed by atoms with van der Waals surface area (Å²) in [6.45, 7) is 0.500. The van der Waals surface area contributed by atoms with Crippen molar-refractivity contribution in [2.75, 3.05) is 5.32 Å². The molecule has 1 aliphatic heterocycles. The van der Waals surface area contributed by atoms with Gasteiger partial charge in [0, 0.05) is 46.0 Å². The molecule has 0 saturated heterocycles. The Hall–Kier alpha value is -2.85. The van der Waals surface area contributed by atoms with Gasteiger partial charge in [0.15, 0.2) is 0 Å². The Labute approximate surface area is 127 Å². The highest BCUT2D eigenvalue weighted by molar-refractivity contribution is 6.35. The number of fused-ring (bicyclic) bond motifs is 2. The largest absolute Gasteiger partial charge is 0.361 e. The summed E-state index contributed by atoms with van der Waals surface area (Å²) in [6.07, 6.45) is 3.85. The molecule has 0 bridgehead atoms. The third-order valence-electron chi connectivity index (χ3n) is 4.02. The van der Waals surface area contributed by atoms with Crippen LogP contribution in [0, 0.1) is 0 Å². The Morgan fingerprint density at radius 3 is 2.86 bits per heavy atom. The summed E-state index contributed by atoms with van der Waals surface area (Å²) in [5.41, 5.74) is 11.3. The lowest BCUT2D eigenvalue weighted by Crippen LogP contribution is -2.03. The molecule has 1 amide bonds. The van der Waals surface area contributed by atoms with Gasteiger partial charge >= 0.3 is 0 Å². The predicted molar refractivity (Wildman–Crippen MR) is 89.1 cm³/mol. The molecule has 22 heavy (non-hydrogen) atoms. The van der Waals surface area contributed by atoms with Gasteiger partial charge < -0.3 is 16.0 Å². The highest BCUT2D eigenvalue weighted by Gasteiger charge is 2.23. The number of hydrogen-bond acceptors (Lipinski definition) is 2. The summed E-state index contributed by atoms with van der Waals surface area (Å²) in [5, 5.41) is 3.97. The number of amides is 1. The van der Waals surface area contributed by atoms with Gasteiger partial charge in [-0.3, -0.25) is 4.79 Å². The van der Waals surface area contributed by atoms with E-state index in [1.807, 2.05) is 48.7 Å². The molecular weight excluding hydrogens is 274 g/mol. The summed E-state index contributed by atoms with van der Waals surface area (Å²) in [4.78, 5) is 15.4. The maximum Gasteiger partial charge on any atom is 0.256 e. The van der Waals surface area contributed by atoms with E-state index >= 15 is 0 Å². The second-order valence-corrected chi connectivity index (χ2v) is 5.39. The van der Waals surface area contributed by atoms with Crippen molar-refractivity contribution in [3.63, 3.8) is 0 Å². The third-order valence-corrected chi connectivity index (χ3v) is 4.02. The number of para-hydroxylation sites is 1. The molecule has 4 rings (SSSR count). The van der Waals surface area contributed by atoms with Crippen molar-refractivity contribution in [1.82, 2.24) is 4.98 Å². The maximum atomic E-state index is 12.2. The van der Waals surface area contributed by atoms with E-state index in [9.17, 15) is 4.79 Å². The predicted octanol–water partition coefficient (Wildman–Crippen LogP) is 3.12. The first kappa shape index (κ1) is 12.9. The molecule has 1 aromatic heterocycles. The van der Waals surface area contributed by atoms with Crippen molar-refractivity contribution in [3.8, 4) is 0 Å². The van der Waals surface area contributed by atoms with Crippen LogP contribution >= 0.6 is 0 Å². The fourth-order valence-electron chi connectivity index (χ4n) is 2.87. The van der Waals surface area contributed by atoms with Crippen molar-refractivity contribution in [3.05, 3.63) is 65.4 Å². The minimum absolute atomic E-state index is 0.0643. The zero-order valence-corrected chi connectivity index (χ0v) is 11.9. The molecule has 2 aromatic carbocycles. The van der Waals surface area contributed by atoms with Crippen LogP contribution < -0.4 is 11.1 Å². The number of hydrogen-bond donors (Lipinski definition) is 3. The van der Waals surface area contributed by atoms with E-state index in [0.717, 1.165) is 33.3 Å². The van der Waals surface area contributed by atoms with E-state index in [2.05, 4.69) is 16.4 Å². The van der Waals surface area contributed by atoms with Gasteiger partial charge in [-0.25, -0.2) is 0 Å². The maximum absolute atomic E-state index is 12.2. The number of nitrogens with one attached hydrogen (secondary N) is 2. The molecule has 4 nitrogen and oxygen atoms in total. The average molecular weight is 289 g/mol. The second kappa shape index (κ2) is 4.86. The molecule has 3 aromatic rings. The van der Waals surface area contributed by atoms with E-state index in [-0.39, 0.29) is 5.91 Å². The van der Waals surface area contributed by atoms with Crippen LogP contribution in [0.5, 0.6) is 0 Å². The minimum Gasteiger partial charge on any atom is -0.361 e. The number of rotatable bonds is 2. The Balaban J connectivity index is 1.88. The van der Waals surface area contributed by atoms with Crippen molar-refractivity contribution in [2.45, 2.75) is 6.54 Å². The van der Waals surface area contributed by atoms with Gasteiger partial charge in [-0.1, -0.05) is 24.3 Å². The normalized spacial score (nSPS) is 15.3. The van der Waals surface area contributed by atoms with Gasteiger partial charge in [-0.2, -0.15) is 0 Å². The molecular formula is C18H15N3O. The number of aromatic amines is 1. The second-order valence-electron chi connectivity index (χ2n) is 5.39. The monoisotopic (exact) mass is 289 g/mol. The van der Waals surface area contributed by atoms with Crippen molar-refractivity contribution >= 4 is 34.1 Å². The Bertz CT molecular complexity index is 921. The van der Waals surface area contributed by atoms with Crippen molar-refractivity contribution < 1.29 is 4.79 Å². The van der Waals surface area contributed by atoms with Crippen molar-refractivity contribution in [1.29, 1.82) is 0 Å². The fraction of sp³-hybridized carbons (Fsp3) is 0.0556. The summed E-state index contributed by atoms with van der Waals surface area (Å²) < 4.78 is 0. The molecule has 108 valence electrons. The molecule has 0 aliphatic carbocycles. The van der Waals surface area contributed by atoms with Gasteiger partial charge in [-0.05, 0) is 29.8 Å². The highest BCUT2D eigenvalue weighted by atomic mass is 16.2. The van der Waals surface area contributed by atoms with E-state index in [1.54, 1.807) is 0 Å². The number of carbonyl (C=O) groups is 1. The number of carbonyl (C=O) groups excluding carboxylic acids is 1. The fourth-order valence-corrected chi connectivity index (χ4v) is 2.87. The number of benzene rings is 2. The quantitative estimate of drug-likeness (QED) is 0.634. The third kappa shape index (κ3) is 1.93. The van der Waals surface area contributed by atoms with E-state index in [1.165, 1.54) is 0 Å². The summed E-state index contributed by atoms with van der Waals surface area (Å²) in [6, 6.07) is 13.8. The average Bonchev–Trinajstić information content (AvgIpc) is 3.09. The van der Waals surface area contributed by atoms with Crippen LogP contribution in [0.25, 0.3) is 22.6 Å². The highest BCUT2D eigenvalue weighted by Crippen LogP contribution is 2.34. The van der Waals surface area contributed by atoms with Crippen LogP contribution in [0.15, 0.2) is 48.7 Å². The molecule has 2 heterocycles. The Kier molecular flexibility index (Phi) is 2.84. The lowest BCUT2D eigenvalue weighted by atomic mass is 10.0. The van der Waals surface area contributed by atoms with Gasteiger partial charge in [0.25, 0.3) is 5.91 Å². The van der Waals surface area contributed by atoms with Crippen LogP contribution in [0.2, 0.25) is 0 Å². The molecule has 0 radical (unpaired) electrons. The topological polar surface area (TPSA) is 70.9 Å². The lowest BCUT2D eigenvalue weighted by Gasteiger charge is -1.99. The van der Waals surface area contributed by atoms with Crippen LogP contribution in [-0.2, 0) is 11.3 Å². The minimum atomic E-state index is -0.0643. The zero-order valence-electron chi connectivity index (χ0n) is 11.9. The first-order chi connectivity index (χ1) is 10.8. The number of H-pyrrole nitrogens is 1. The van der Waals surface area contributed by atoms with E-state index < -0.39 is 0 Å². The van der Waals surface area contributed by atoms with Gasteiger partial charge in [-0.15, -0.1) is 0 Å². The summed E-state index contributed by atoms with van der Waals surface area (Å²) in [5.74, 6) is -0.0643. The molecule has 0 saturated carbocycles. The molecule has 0 unspecified atom stereocenters. The van der Waals surface area contributed by atoms with Crippen LogP contribution in [-0.4, -0.2) is 10.9 Å². The standard InChI is InChI=1S/C18H15N3O/c19-9-11-5-6-16-14(7-11)12(10-20-16)8-15-13-3-1-2-4-17(13)21-18(15)22/h1-8,10,20H,9,19H2,(H,21,22). The number of nitrogens with two attached hydrogens (primary N) is 1. The number of anilines is 1. The molecule has 0 fully saturated rings. The zero-order chi connectivity index (χ0) is 15.1. The summed E-state index contributed by atoms with van der Waals surface area (Å²) in [7, 11) is 0. The molecule has 4 heteroatoms. The van der Waals surface area contributed by atoms with Crippen molar-refractivity contribution in [2.24, 2.45) is 5.73 Å². The molecule has 4 N–H and O–H groups in total. The molecule has 1 aliphatic rings. The van der Waals surface area contributed by atoms with Gasteiger partial charge in [0.05, 0.1) is 0 Å². The first-order valence-electron chi connectivity index (χ1n) is 7.19. The lowest BCUT2D eigenvalue weighted by molar-refractivity contribution is -0.110. The SMILES string of the molecule is NCc1ccc2[nH]cc(C=C3C(=O)Nc4ccccc43)c2c1. The van der Waals surface area contributed by atoms with E-state index in [4.69, 9.17) is 5.73 Å². The van der Waals surface area contributed by atoms with E-state index in [0.29, 0.717) is 12.1 Å². The van der Waals surface area contributed by atoms with Crippen LogP contribution in [0.4, 0.5) is 5.69 Å². The Morgan fingerprint density at radius 1 is 1.14 bits per heavy atom. The van der Waals surface area contributed by atoms with Gasteiger partial charge in [0.1, 0.15) is 0 Å². The van der Waals surface area contributed by atoms with Crippen LogP contribution in [0.1, 0.15) is 16.7 Å². The molecule has 0 atom stereocenters. The van der Waals surface area contributed by atoms with Crippen LogP contribution in [0.3, 0.4) is 0 Å². The number of aromatic nitrogens is 1. The van der Waals surface area contributed by atoms with Gasteiger partial charge in [0.2, 0.25) is 0 Å². The smallest absolute Gasteiger partial charge is 0.256 e. The first-order valence-corrected chi connectivity index (χ1v) is 7.19. The summed E-state index contributed by atoms with van der Waals surface area (Å²) >= 11 is 0. The Morgan fingerprint density at radius 2 is 2.00 bits per heavy atom. The molecule has 0 spiro atoms.